The van der Waals surface area contributed by atoms with Crippen molar-refractivity contribution in [2.24, 2.45) is 17.4 Å². The first-order valence-electron chi connectivity index (χ1n) is 41.3. The highest BCUT2D eigenvalue weighted by Gasteiger charge is 2.41. The predicted molar refractivity (Wildman–Crippen MR) is 465 cm³/mol. The fourth-order valence-electron chi connectivity index (χ4n) is 14.7. The molecule has 0 bridgehead atoms. The number of likely N-dealkylation sites (tertiary alicyclic amines) is 1. The molecule has 2 fully saturated rings. The van der Waals surface area contributed by atoms with Gasteiger partial charge in [0, 0.05) is 99.0 Å². The standard InChI is InChI=1S/C89H110ClN17O15S/c1-54(2)44-69(80(110)97-68(19-8-9-37-94-55(3)4)88(118)107-39-13-20-76(107)87(117)96-56(5)79(91)109)98-81(111)71(48-59-29-34-67(35-30-59)105-123(120,121)77-21-10-17-64-18-12-38-95-78(64)77)99-83(113)72(46-57-22-24-60(25-23-57)52-106-40-42-122-43-41-106)102-86(116)75(53-108)103-84(114)73(50-62-14-11-36-93-51-62)101-82(112)70(47-58-27-32-66(90)33-28-58)100-85(115)74(104-89(92)119)49-61-26-31-63-15-6-7-16-65(63)45-61/h6-7,10-12,14-18,21-36,38,45,51,54-56,68-76,94,105,108H,8-9,13,19-20,37,39-44,46-50,52-53H2,1-5H3,(H2,91,109)(H,96,117)(H,97,110)(H,98,111)(H,99,113)(H,100,115)(H,101,112)(H,102,116)(H,103,114)(H3,92,104,119)/t56-,68+,69+,70-,71-,72+,73-,74-,75+,76+/m1/s1. The number of anilines is 1. The summed E-state index contributed by atoms with van der Waals surface area (Å²) in [6.45, 7) is 11.7. The minimum absolute atomic E-state index is 0.00997. The van der Waals surface area contributed by atoms with Gasteiger partial charge in [0.05, 0.1) is 25.3 Å². The summed E-state index contributed by atoms with van der Waals surface area (Å²) in [5.41, 5.74) is 14.9. The molecule has 2 aliphatic rings. The first kappa shape index (κ1) is 93.3. The number of morpholine rings is 1. The zero-order chi connectivity index (χ0) is 88.3. The van der Waals surface area contributed by atoms with Crippen LogP contribution in [0.25, 0.3) is 21.7 Å². The number of para-hydroxylation sites is 1. The highest BCUT2D eigenvalue weighted by molar-refractivity contribution is 7.93. The Hall–Kier alpha value is -12.0. The number of ether oxygens (including phenoxy) is 1. The summed E-state index contributed by atoms with van der Waals surface area (Å²) < 4.78 is 36.3. The number of benzene rings is 6. The fraction of sp³-hybridized carbons (Fsp3) is 0.404. The number of carbonyl (C=O) groups excluding carboxylic acids is 11. The summed E-state index contributed by atoms with van der Waals surface area (Å²) >= 11 is 6.29. The van der Waals surface area contributed by atoms with E-state index in [4.69, 9.17) is 27.8 Å². The molecule has 654 valence electrons. The Balaban J connectivity index is 0.950. The molecule has 123 heavy (non-hydrogen) atoms. The number of aromatic nitrogens is 2. The Labute approximate surface area is 720 Å². The second kappa shape index (κ2) is 45.2. The number of pyridine rings is 2. The molecule has 10 atom stereocenters. The van der Waals surface area contributed by atoms with Crippen LogP contribution in [0.3, 0.4) is 0 Å². The van der Waals surface area contributed by atoms with E-state index in [2.05, 4.69) is 72.8 Å². The van der Waals surface area contributed by atoms with E-state index in [1.165, 1.54) is 60.7 Å². The van der Waals surface area contributed by atoms with Gasteiger partial charge in [-0.05, 0) is 145 Å². The quantitative estimate of drug-likeness (QED) is 0.0238. The summed E-state index contributed by atoms with van der Waals surface area (Å²) in [6.07, 6.45) is 5.12. The van der Waals surface area contributed by atoms with Gasteiger partial charge in [-0.15, -0.1) is 0 Å². The van der Waals surface area contributed by atoms with Crippen molar-refractivity contribution in [2.45, 2.75) is 183 Å². The molecule has 0 spiro atoms. The Bertz CT molecular complexity index is 5100. The Kier molecular flexibility index (Phi) is 34.3. The van der Waals surface area contributed by atoms with Crippen molar-refractivity contribution in [2.75, 3.05) is 50.7 Å². The molecule has 10 rings (SSSR count). The molecule has 8 aromatic rings. The van der Waals surface area contributed by atoms with Gasteiger partial charge in [-0.1, -0.05) is 155 Å². The third-order valence-electron chi connectivity index (χ3n) is 21.3. The molecule has 0 unspecified atom stereocenters. The number of primary amides is 2. The lowest BCUT2D eigenvalue weighted by atomic mass is 9.99. The number of aliphatic hydroxyl groups excluding tert-OH is 1. The largest absolute Gasteiger partial charge is 0.394 e. The van der Waals surface area contributed by atoms with Crippen molar-refractivity contribution in [1.29, 1.82) is 0 Å². The van der Waals surface area contributed by atoms with Gasteiger partial charge >= 0.3 is 6.03 Å². The number of nitrogens with one attached hydrogen (secondary N) is 11. The van der Waals surface area contributed by atoms with Gasteiger partial charge in [0.1, 0.15) is 65.3 Å². The molecule has 0 saturated carbocycles. The number of nitrogens with two attached hydrogens (primary N) is 2. The number of rotatable bonds is 43. The van der Waals surface area contributed by atoms with E-state index in [9.17, 15) is 37.5 Å². The number of fused-ring (bicyclic) bond motifs is 2. The van der Waals surface area contributed by atoms with Gasteiger partial charge in [0.2, 0.25) is 59.1 Å². The van der Waals surface area contributed by atoms with Gasteiger partial charge in [0.25, 0.3) is 10.0 Å². The highest BCUT2D eigenvalue weighted by atomic mass is 35.5. The molecule has 16 N–H and O–H groups in total. The van der Waals surface area contributed by atoms with Crippen LogP contribution in [0.2, 0.25) is 5.02 Å². The van der Waals surface area contributed by atoms with E-state index in [0.29, 0.717) is 96.9 Å². The zero-order valence-electron chi connectivity index (χ0n) is 69.5. The van der Waals surface area contributed by atoms with Crippen LogP contribution >= 0.6 is 11.6 Å². The first-order valence-corrected chi connectivity index (χ1v) is 43.2. The lowest BCUT2D eigenvalue weighted by molar-refractivity contribution is -0.142. The molecule has 34 heteroatoms. The lowest BCUT2D eigenvalue weighted by Crippen LogP contribution is -2.62. The van der Waals surface area contributed by atoms with Crippen LogP contribution in [0.5, 0.6) is 0 Å². The summed E-state index contributed by atoms with van der Waals surface area (Å²) in [4.78, 5) is 171. The predicted octanol–water partition coefficient (Wildman–Crippen LogP) is 4.20. The van der Waals surface area contributed by atoms with Crippen molar-refractivity contribution in [3.63, 3.8) is 0 Å². The molecule has 32 nitrogen and oxygen atoms in total. The van der Waals surface area contributed by atoms with Crippen LogP contribution < -0.4 is 69.4 Å². The van der Waals surface area contributed by atoms with Crippen molar-refractivity contribution < 1.29 is 71.0 Å². The number of carbonyl (C=O) groups is 11. The van der Waals surface area contributed by atoms with Gasteiger partial charge in [0.15, 0.2) is 0 Å². The molecule has 12 amide bonds. The van der Waals surface area contributed by atoms with Gasteiger partial charge in [-0.3, -0.25) is 67.5 Å². The number of nitrogens with zero attached hydrogens (tertiary/aromatic N) is 4. The summed E-state index contributed by atoms with van der Waals surface area (Å²) in [5.74, 6) is -8.75. The number of aliphatic hydroxyl groups is 1. The van der Waals surface area contributed by atoms with E-state index in [-0.39, 0.29) is 86.0 Å². The Morgan fingerprint density at radius 1 is 0.520 bits per heavy atom. The number of halogens is 1. The number of urea groups is 1. The second-order valence-electron chi connectivity index (χ2n) is 31.8. The van der Waals surface area contributed by atoms with Crippen LogP contribution in [-0.4, -0.2) is 211 Å². The molecule has 6 aromatic carbocycles. The van der Waals surface area contributed by atoms with E-state index in [1.807, 2.05) is 76.2 Å². The maximum absolute atomic E-state index is 15.7. The first-order chi connectivity index (χ1) is 58.9. The number of sulfonamides is 1. The number of unbranched alkanes of at least 4 members (excludes halogenated alkanes) is 1. The number of amides is 12. The van der Waals surface area contributed by atoms with Gasteiger partial charge in [-0.25, -0.2) is 13.2 Å². The third kappa shape index (κ3) is 28.0. The minimum atomic E-state index is -4.27. The van der Waals surface area contributed by atoms with Crippen LogP contribution in [0.1, 0.15) is 107 Å². The zero-order valence-corrected chi connectivity index (χ0v) is 71.1. The molecule has 0 aliphatic carbocycles. The topological polar surface area (TPSA) is 468 Å². The van der Waals surface area contributed by atoms with Crippen molar-refractivity contribution in [3.8, 4) is 0 Å². The SMILES string of the molecule is CC(C)C[C@H](NC(=O)[C@@H](Cc1ccc(NS(=O)(=O)c2cccc3cccnc23)cc1)NC(=O)[C@H](Cc1ccc(CN2CCOCC2)cc1)NC(=O)[C@H](CO)NC(=O)[C@@H](Cc1cccnc1)NC(=O)[C@@H](Cc1ccc(Cl)cc1)NC(=O)[C@@H](Cc1ccc2ccccc2c1)NC(N)=O)C(=O)N[C@@H](CCCCNC(C)C)C(=O)N1CCC[C@H]1C(=O)N[C@H](C)C(N)=O. The van der Waals surface area contributed by atoms with E-state index >= 15 is 28.8 Å². The van der Waals surface area contributed by atoms with Crippen LogP contribution in [0, 0.1) is 5.92 Å². The maximum Gasteiger partial charge on any atom is 0.312 e. The normalized spacial score (nSPS) is 15.8. The summed E-state index contributed by atoms with van der Waals surface area (Å²) in [5, 5.41) is 41.8. The molecule has 4 heterocycles. The smallest absolute Gasteiger partial charge is 0.312 e. The molecule has 0 radical (unpaired) electrons. The maximum atomic E-state index is 15.7. The molecule has 2 saturated heterocycles. The fourth-order valence-corrected chi connectivity index (χ4v) is 16.1. The molecule has 2 aliphatic heterocycles. The Morgan fingerprint density at radius 2 is 1.02 bits per heavy atom. The van der Waals surface area contributed by atoms with Gasteiger partial charge < -0.3 is 79.4 Å². The monoisotopic (exact) mass is 1720 g/mol. The molecular weight excluding hydrogens is 1610 g/mol. The minimum Gasteiger partial charge on any atom is -0.394 e. The third-order valence-corrected chi connectivity index (χ3v) is 23.0. The lowest BCUT2D eigenvalue weighted by Gasteiger charge is -2.31. The van der Waals surface area contributed by atoms with E-state index in [1.54, 1.807) is 78.9 Å². The van der Waals surface area contributed by atoms with E-state index in [0.717, 1.165) is 16.3 Å². The van der Waals surface area contributed by atoms with Crippen molar-refractivity contribution in [3.05, 3.63) is 215 Å². The van der Waals surface area contributed by atoms with Crippen LogP contribution in [0.15, 0.2) is 181 Å². The molecule has 2 aromatic heterocycles. The number of hydrogen-bond acceptors (Lipinski definition) is 19. The van der Waals surface area contributed by atoms with Gasteiger partial charge in [-0.2, -0.15) is 0 Å². The van der Waals surface area contributed by atoms with Crippen LogP contribution in [-0.2, 0) is 101 Å². The van der Waals surface area contributed by atoms with Crippen molar-refractivity contribution in [1.82, 2.24) is 72.9 Å². The average Bonchev–Trinajstić information content (AvgIpc) is 1.26. The summed E-state index contributed by atoms with van der Waals surface area (Å²) in [6, 6.07) is 29.0. The average molecular weight is 1730 g/mol. The molecular formula is C89H110ClN17O15S. The summed E-state index contributed by atoms with van der Waals surface area (Å²) in [7, 11) is -4.27. The Morgan fingerprint density at radius 3 is 1.60 bits per heavy atom. The second-order valence-corrected chi connectivity index (χ2v) is 33.8. The van der Waals surface area contributed by atoms with E-state index < -0.39 is 142 Å². The highest BCUT2D eigenvalue weighted by Crippen LogP contribution is 2.27. The van der Waals surface area contributed by atoms with Crippen molar-refractivity contribution >= 4 is 114 Å². The van der Waals surface area contributed by atoms with Crippen LogP contribution in [0.4, 0.5) is 10.5 Å². The number of hydrogen-bond donors (Lipinski definition) is 14.